The Balaban J connectivity index is 2.44. The molecule has 0 spiro atoms. The van der Waals surface area contributed by atoms with Crippen molar-refractivity contribution < 1.29 is 13.5 Å². The third-order valence-electron chi connectivity index (χ3n) is 2.46. The van der Waals surface area contributed by atoms with E-state index in [0.717, 1.165) is 6.07 Å². The molecule has 0 aromatic heterocycles. The minimum atomic E-state index is -0.648. The molecule has 19 heavy (non-hydrogen) atoms. The van der Waals surface area contributed by atoms with Gasteiger partial charge in [-0.25, -0.2) is 8.78 Å². The molecule has 2 aromatic rings. The van der Waals surface area contributed by atoms with E-state index in [1.165, 1.54) is 18.2 Å². The first-order chi connectivity index (χ1) is 9.02. The van der Waals surface area contributed by atoms with Gasteiger partial charge in [-0.05, 0) is 28.1 Å². The van der Waals surface area contributed by atoms with Crippen LogP contribution in [0.3, 0.4) is 0 Å². The van der Waals surface area contributed by atoms with Gasteiger partial charge in [0.2, 0.25) is 0 Å². The lowest BCUT2D eigenvalue weighted by molar-refractivity contribution is 0.431. The van der Waals surface area contributed by atoms with Gasteiger partial charge in [-0.15, -0.1) is 0 Å². The molecule has 6 heteroatoms. The Bertz CT molecular complexity index is 622. The lowest BCUT2D eigenvalue weighted by atomic mass is 10.2. The van der Waals surface area contributed by atoms with Gasteiger partial charge in [-0.3, -0.25) is 0 Å². The van der Waals surface area contributed by atoms with E-state index in [0.29, 0.717) is 10.0 Å². The van der Waals surface area contributed by atoms with Crippen molar-refractivity contribution in [1.29, 1.82) is 0 Å². The van der Waals surface area contributed by atoms with Crippen molar-refractivity contribution in [1.82, 2.24) is 0 Å². The molecule has 2 aromatic carbocycles. The second-order valence-corrected chi connectivity index (χ2v) is 4.99. The number of hydrogen-bond donors (Lipinski definition) is 1. The van der Waals surface area contributed by atoms with Crippen molar-refractivity contribution in [3.63, 3.8) is 0 Å². The second-order valence-electron chi connectivity index (χ2n) is 3.73. The molecule has 0 heterocycles. The molecule has 0 aliphatic carbocycles. The van der Waals surface area contributed by atoms with E-state index in [2.05, 4.69) is 15.9 Å². The van der Waals surface area contributed by atoms with Gasteiger partial charge in [-0.1, -0.05) is 23.7 Å². The maximum Gasteiger partial charge on any atom is 0.167 e. The lowest BCUT2D eigenvalue weighted by Gasteiger charge is -2.12. The average molecular weight is 349 g/mol. The molecule has 2 nitrogen and oxygen atoms in total. The Morgan fingerprint density at radius 3 is 2.63 bits per heavy atom. The lowest BCUT2D eigenvalue weighted by Crippen LogP contribution is -2.01. The normalized spacial score (nSPS) is 10.6. The Morgan fingerprint density at radius 1 is 1.21 bits per heavy atom. The first-order valence-electron chi connectivity index (χ1n) is 5.32. The van der Waals surface area contributed by atoms with Gasteiger partial charge in [-0.2, -0.15) is 0 Å². The summed E-state index contributed by atoms with van der Waals surface area (Å²) in [6.45, 7) is 0.112. The monoisotopic (exact) mass is 347 g/mol. The highest BCUT2D eigenvalue weighted by Crippen LogP contribution is 2.35. The zero-order valence-corrected chi connectivity index (χ0v) is 11.9. The Kier molecular flexibility index (Phi) is 4.39. The van der Waals surface area contributed by atoms with Crippen molar-refractivity contribution in [3.8, 4) is 11.5 Å². The first kappa shape index (κ1) is 14.2. The molecule has 0 fully saturated rings. The third kappa shape index (κ3) is 3.05. The van der Waals surface area contributed by atoms with E-state index in [-0.39, 0.29) is 23.1 Å². The summed E-state index contributed by atoms with van der Waals surface area (Å²) in [5.74, 6) is -1.11. The van der Waals surface area contributed by atoms with Crippen molar-refractivity contribution >= 4 is 27.5 Å². The van der Waals surface area contributed by atoms with Crippen LogP contribution < -0.4 is 10.5 Å². The Morgan fingerprint density at radius 2 is 1.95 bits per heavy atom. The fraction of sp³-hybridized carbons (Fsp3) is 0.0769. The van der Waals surface area contributed by atoms with Crippen LogP contribution >= 0.6 is 27.5 Å². The fourth-order valence-corrected chi connectivity index (χ4v) is 2.24. The molecule has 100 valence electrons. The highest BCUT2D eigenvalue weighted by atomic mass is 79.9. The summed E-state index contributed by atoms with van der Waals surface area (Å²) in [6.07, 6.45) is 0. The summed E-state index contributed by atoms with van der Waals surface area (Å²) in [7, 11) is 0. The van der Waals surface area contributed by atoms with Crippen molar-refractivity contribution in [2.45, 2.75) is 6.54 Å². The van der Waals surface area contributed by atoms with E-state index in [9.17, 15) is 8.78 Å². The molecule has 2 rings (SSSR count). The van der Waals surface area contributed by atoms with E-state index in [1.807, 2.05) is 0 Å². The fourth-order valence-electron chi connectivity index (χ4n) is 1.52. The van der Waals surface area contributed by atoms with Crippen LogP contribution in [0.15, 0.2) is 34.8 Å². The molecule has 0 bridgehead atoms. The van der Waals surface area contributed by atoms with Crippen LogP contribution in [0.25, 0.3) is 0 Å². The standard InChI is InChI=1S/C13H9BrClF2NO/c14-8-4-9(15)11(17)5-12(8)19-13-7(6-18)2-1-3-10(13)16/h1-5H,6,18H2. The average Bonchev–Trinajstić information content (AvgIpc) is 2.38. The van der Waals surface area contributed by atoms with Crippen LogP contribution in [0.5, 0.6) is 11.5 Å². The smallest absolute Gasteiger partial charge is 0.167 e. The zero-order valence-electron chi connectivity index (χ0n) is 9.59. The summed E-state index contributed by atoms with van der Waals surface area (Å²) in [5.41, 5.74) is 6.00. The summed E-state index contributed by atoms with van der Waals surface area (Å²) >= 11 is 8.80. The second kappa shape index (κ2) is 5.86. The minimum absolute atomic E-state index is 0.0209. The number of para-hydroxylation sites is 1. The van der Waals surface area contributed by atoms with Crippen LogP contribution in [-0.4, -0.2) is 0 Å². The molecule has 0 saturated heterocycles. The molecule has 0 atom stereocenters. The van der Waals surface area contributed by atoms with Crippen LogP contribution in [0.4, 0.5) is 8.78 Å². The molecule has 0 saturated carbocycles. The largest absolute Gasteiger partial charge is 0.453 e. The highest BCUT2D eigenvalue weighted by Gasteiger charge is 2.14. The van der Waals surface area contributed by atoms with Gasteiger partial charge in [0.05, 0.1) is 9.50 Å². The van der Waals surface area contributed by atoms with Gasteiger partial charge in [0.1, 0.15) is 11.6 Å². The van der Waals surface area contributed by atoms with Gasteiger partial charge < -0.3 is 10.5 Å². The minimum Gasteiger partial charge on any atom is -0.453 e. The highest BCUT2D eigenvalue weighted by molar-refractivity contribution is 9.10. The van der Waals surface area contributed by atoms with E-state index < -0.39 is 11.6 Å². The molecule has 0 aliphatic rings. The summed E-state index contributed by atoms with van der Waals surface area (Å²) in [6, 6.07) is 6.84. The van der Waals surface area contributed by atoms with Crippen LogP contribution in [0.1, 0.15) is 5.56 Å². The number of rotatable bonds is 3. The van der Waals surface area contributed by atoms with Crippen molar-refractivity contribution in [3.05, 3.63) is 57.0 Å². The summed E-state index contributed by atoms with van der Waals surface area (Å²) in [4.78, 5) is 0. The number of benzene rings is 2. The molecule has 0 unspecified atom stereocenters. The predicted octanol–water partition coefficient (Wildman–Crippen LogP) is 4.63. The third-order valence-corrected chi connectivity index (χ3v) is 3.36. The maximum absolute atomic E-state index is 13.7. The molecule has 2 N–H and O–H groups in total. The first-order valence-corrected chi connectivity index (χ1v) is 6.50. The molecular weight excluding hydrogens is 340 g/mol. The number of ether oxygens (including phenoxy) is 1. The van der Waals surface area contributed by atoms with E-state index in [4.69, 9.17) is 22.1 Å². The van der Waals surface area contributed by atoms with Crippen LogP contribution in [0.2, 0.25) is 5.02 Å². The molecular formula is C13H9BrClF2NO. The van der Waals surface area contributed by atoms with Crippen molar-refractivity contribution in [2.75, 3.05) is 0 Å². The zero-order chi connectivity index (χ0) is 14.0. The summed E-state index contributed by atoms with van der Waals surface area (Å²) < 4.78 is 32.9. The van der Waals surface area contributed by atoms with E-state index >= 15 is 0 Å². The maximum atomic E-state index is 13.7. The quantitative estimate of drug-likeness (QED) is 0.821. The topological polar surface area (TPSA) is 35.2 Å². The van der Waals surface area contributed by atoms with Gasteiger partial charge >= 0.3 is 0 Å². The van der Waals surface area contributed by atoms with E-state index in [1.54, 1.807) is 6.07 Å². The Hall–Kier alpha value is -1.17. The SMILES string of the molecule is NCc1cccc(F)c1Oc1cc(F)c(Cl)cc1Br. The predicted molar refractivity (Wildman–Crippen MR) is 73.5 cm³/mol. The van der Waals surface area contributed by atoms with Crippen molar-refractivity contribution in [2.24, 2.45) is 5.73 Å². The number of hydrogen-bond acceptors (Lipinski definition) is 2. The van der Waals surface area contributed by atoms with Crippen LogP contribution in [0, 0.1) is 11.6 Å². The van der Waals surface area contributed by atoms with Gasteiger partial charge in [0.25, 0.3) is 0 Å². The molecule has 0 aliphatic heterocycles. The number of nitrogens with two attached hydrogens (primary N) is 1. The molecule has 0 amide bonds. The van der Waals surface area contributed by atoms with Gasteiger partial charge in [0.15, 0.2) is 11.6 Å². The summed E-state index contributed by atoms with van der Waals surface area (Å²) in [5, 5.41) is -0.0493. The number of halogens is 4. The Labute approximate surface area is 122 Å². The molecule has 0 radical (unpaired) electrons. The van der Waals surface area contributed by atoms with Gasteiger partial charge in [0, 0.05) is 18.2 Å². The van der Waals surface area contributed by atoms with Crippen LogP contribution in [-0.2, 0) is 6.54 Å².